The van der Waals surface area contributed by atoms with E-state index < -0.39 is 0 Å². The molecule has 3 aromatic heterocycles. The first-order chi connectivity index (χ1) is 14.3. The summed E-state index contributed by atoms with van der Waals surface area (Å²) in [5.74, 6) is 2.13. The van der Waals surface area contributed by atoms with Gasteiger partial charge < -0.3 is 10.1 Å². The Balaban J connectivity index is 1.76. The van der Waals surface area contributed by atoms with Crippen molar-refractivity contribution < 1.29 is 4.74 Å². The summed E-state index contributed by atoms with van der Waals surface area (Å²) >= 11 is 0. The molecule has 4 aromatic rings. The highest BCUT2D eigenvalue weighted by Gasteiger charge is 2.10. The van der Waals surface area contributed by atoms with E-state index in [0.29, 0.717) is 12.4 Å². The van der Waals surface area contributed by atoms with Crippen molar-refractivity contribution in [1.82, 2.24) is 19.9 Å². The van der Waals surface area contributed by atoms with Crippen LogP contribution < -0.4 is 10.1 Å². The number of benzene rings is 1. The van der Waals surface area contributed by atoms with Gasteiger partial charge >= 0.3 is 0 Å². The predicted molar refractivity (Wildman–Crippen MR) is 115 cm³/mol. The molecule has 0 saturated carbocycles. The molecule has 3 heterocycles. The zero-order chi connectivity index (χ0) is 20.1. The minimum absolute atomic E-state index is 0.566. The molecule has 0 aliphatic heterocycles. The molecule has 6 heteroatoms. The zero-order valence-corrected chi connectivity index (χ0v) is 16.3. The number of anilines is 1. The predicted octanol–water partition coefficient (Wildman–Crippen LogP) is 4.71. The Hall–Kier alpha value is -3.80. The van der Waals surface area contributed by atoms with Gasteiger partial charge in [0.05, 0.1) is 12.3 Å². The maximum absolute atomic E-state index is 5.62. The van der Waals surface area contributed by atoms with Gasteiger partial charge in [-0.3, -0.25) is 9.97 Å². The van der Waals surface area contributed by atoms with Crippen LogP contribution in [-0.4, -0.2) is 33.6 Å². The Labute approximate surface area is 169 Å². The smallest absolute Gasteiger partial charge is 0.180 e. The molecule has 0 radical (unpaired) electrons. The molecule has 0 aliphatic carbocycles. The maximum atomic E-state index is 5.62. The number of hydrogen-bond donors (Lipinski definition) is 1. The first-order valence-electron chi connectivity index (χ1n) is 9.43. The molecule has 0 saturated heterocycles. The Kier molecular flexibility index (Phi) is 5.42. The van der Waals surface area contributed by atoms with Gasteiger partial charge in [0.25, 0.3) is 0 Å². The standard InChI is InChI=1S/C23H21N5O/c1-3-29-19-8-6-7-16(12-19)17-11-18(15-25-14-17)21-13-22(24-2)28-23(27-21)20-9-4-5-10-26-20/h4-15H,3H2,1-2H3,(H,24,27,28). The van der Waals surface area contributed by atoms with Crippen molar-refractivity contribution in [2.45, 2.75) is 6.92 Å². The number of nitrogens with zero attached hydrogens (tertiary/aromatic N) is 4. The van der Waals surface area contributed by atoms with Crippen LogP contribution in [0.3, 0.4) is 0 Å². The molecule has 0 spiro atoms. The van der Waals surface area contributed by atoms with Gasteiger partial charge in [0.1, 0.15) is 17.3 Å². The average Bonchev–Trinajstić information content (AvgIpc) is 2.80. The number of pyridine rings is 2. The van der Waals surface area contributed by atoms with Crippen molar-refractivity contribution >= 4 is 5.82 Å². The first kappa shape index (κ1) is 18.6. The van der Waals surface area contributed by atoms with Gasteiger partial charge in [0.15, 0.2) is 5.82 Å². The van der Waals surface area contributed by atoms with E-state index in [2.05, 4.69) is 26.3 Å². The zero-order valence-electron chi connectivity index (χ0n) is 16.3. The number of rotatable bonds is 6. The van der Waals surface area contributed by atoms with Crippen molar-refractivity contribution in [2.75, 3.05) is 19.0 Å². The van der Waals surface area contributed by atoms with Crippen LogP contribution >= 0.6 is 0 Å². The van der Waals surface area contributed by atoms with Crippen LogP contribution in [0, 0.1) is 0 Å². The van der Waals surface area contributed by atoms with Crippen molar-refractivity contribution in [3.05, 3.63) is 73.2 Å². The number of ether oxygens (including phenoxy) is 1. The summed E-state index contributed by atoms with van der Waals surface area (Å²) in [4.78, 5) is 18.1. The van der Waals surface area contributed by atoms with Crippen LogP contribution in [0.4, 0.5) is 5.82 Å². The van der Waals surface area contributed by atoms with E-state index in [4.69, 9.17) is 9.72 Å². The fourth-order valence-corrected chi connectivity index (χ4v) is 3.00. The molecule has 0 fully saturated rings. The number of nitrogens with one attached hydrogen (secondary N) is 1. The normalized spacial score (nSPS) is 10.6. The quantitative estimate of drug-likeness (QED) is 0.520. The Bertz CT molecular complexity index is 1120. The molecule has 0 unspecified atom stereocenters. The summed E-state index contributed by atoms with van der Waals surface area (Å²) in [5, 5.41) is 3.10. The van der Waals surface area contributed by atoms with Gasteiger partial charge in [0.2, 0.25) is 0 Å². The van der Waals surface area contributed by atoms with E-state index in [1.165, 1.54) is 0 Å². The minimum Gasteiger partial charge on any atom is -0.494 e. The third kappa shape index (κ3) is 4.21. The molecular weight excluding hydrogens is 362 g/mol. The van der Waals surface area contributed by atoms with Gasteiger partial charge in [0, 0.05) is 42.8 Å². The summed E-state index contributed by atoms with van der Waals surface area (Å²) in [6, 6.07) is 17.7. The first-order valence-corrected chi connectivity index (χ1v) is 9.43. The van der Waals surface area contributed by atoms with Crippen molar-refractivity contribution in [3.8, 4) is 39.7 Å². The minimum atomic E-state index is 0.566. The molecule has 0 bridgehead atoms. The summed E-state index contributed by atoms with van der Waals surface area (Å²) in [6.07, 6.45) is 5.38. The lowest BCUT2D eigenvalue weighted by Crippen LogP contribution is -2.00. The fraction of sp³-hybridized carbons (Fsp3) is 0.130. The van der Waals surface area contributed by atoms with E-state index in [-0.39, 0.29) is 0 Å². The van der Waals surface area contributed by atoms with Crippen LogP contribution in [0.15, 0.2) is 73.2 Å². The molecule has 0 amide bonds. The van der Waals surface area contributed by atoms with Crippen molar-refractivity contribution in [3.63, 3.8) is 0 Å². The third-order valence-corrected chi connectivity index (χ3v) is 4.39. The summed E-state index contributed by atoms with van der Waals surface area (Å²) in [5.41, 5.74) is 4.44. The summed E-state index contributed by atoms with van der Waals surface area (Å²) < 4.78 is 5.62. The number of hydrogen-bond acceptors (Lipinski definition) is 6. The maximum Gasteiger partial charge on any atom is 0.180 e. The highest BCUT2D eigenvalue weighted by Crippen LogP contribution is 2.28. The highest BCUT2D eigenvalue weighted by molar-refractivity contribution is 5.73. The second-order valence-electron chi connectivity index (χ2n) is 6.35. The van der Waals surface area contributed by atoms with E-state index in [9.17, 15) is 0 Å². The Morgan fingerprint density at radius 1 is 0.862 bits per heavy atom. The van der Waals surface area contributed by atoms with Gasteiger partial charge in [-0.05, 0) is 42.8 Å². The molecule has 6 nitrogen and oxygen atoms in total. The van der Waals surface area contributed by atoms with Gasteiger partial charge in [-0.2, -0.15) is 0 Å². The van der Waals surface area contributed by atoms with Gasteiger partial charge in [-0.15, -0.1) is 0 Å². The third-order valence-electron chi connectivity index (χ3n) is 4.39. The highest BCUT2D eigenvalue weighted by atomic mass is 16.5. The number of aromatic nitrogens is 4. The summed E-state index contributed by atoms with van der Waals surface area (Å²) in [6.45, 7) is 2.61. The monoisotopic (exact) mass is 383 g/mol. The molecule has 29 heavy (non-hydrogen) atoms. The topological polar surface area (TPSA) is 72.8 Å². The molecule has 0 aliphatic rings. The second-order valence-corrected chi connectivity index (χ2v) is 6.35. The lowest BCUT2D eigenvalue weighted by atomic mass is 10.0. The molecule has 144 valence electrons. The van der Waals surface area contributed by atoms with Crippen molar-refractivity contribution in [1.29, 1.82) is 0 Å². The Morgan fingerprint density at radius 2 is 1.76 bits per heavy atom. The summed E-state index contributed by atoms with van der Waals surface area (Å²) in [7, 11) is 1.84. The largest absolute Gasteiger partial charge is 0.494 e. The second kappa shape index (κ2) is 8.48. The molecular formula is C23H21N5O. The molecule has 4 rings (SSSR count). The molecule has 1 aromatic carbocycles. The van der Waals surface area contributed by atoms with Gasteiger partial charge in [-0.1, -0.05) is 18.2 Å². The molecule has 0 atom stereocenters. The van der Waals surface area contributed by atoms with E-state index >= 15 is 0 Å². The fourth-order valence-electron chi connectivity index (χ4n) is 3.00. The van der Waals surface area contributed by atoms with Crippen LogP contribution in [0.1, 0.15) is 6.92 Å². The van der Waals surface area contributed by atoms with E-state index in [1.54, 1.807) is 12.4 Å². The van der Waals surface area contributed by atoms with Crippen LogP contribution in [0.5, 0.6) is 5.75 Å². The average molecular weight is 383 g/mol. The molecule has 1 N–H and O–H groups in total. The SMILES string of the molecule is CCOc1cccc(-c2cncc(-c3cc(NC)nc(-c4ccccn4)n3)c2)c1. The lowest BCUT2D eigenvalue weighted by Gasteiger charge is -2.10. The van der Waals surface area contributed by atoms with Gasteiger partial charge in [-0.25, -0.2) is 9.97 Å². The van der Waals surface area contributed by atoms with E-state index in [0.717, 1.165) is 39.6 Å². The Morgan fingerprint density at radius 3 is 2.55 bits per heavy atom. The van der Waals surface area contributed by atoms with Crippen LogP contribution in [-0.2, 0) is 0 Å². The van der Waals surface area contributed by atoms with E-state index in [1.807, 2.05) is 68.7 Å². The lowest BCUT2D eigenvalue weighted by molar-refractivity contribution is 0.340. The van der Waals surface area contributed by atoms with Crippen LogP contribution in [0.25, 0.3) is 33.9 Å². The van der Waals surface area contributed by atoms with Crippen molar-refractivity contribution in [2.24, 2.45) is 0 Å². The van der Waals surface area contributed by atoms with Crippen LogP contribution in [0.2, 0.25) is 0 Å².